The zero-order chi connectivity index (χ0) is 13.6. The van der Waals surface area contributed by atoms with Crippen LogP contribution in [-0.2, 0) is 9.59 Å². The Morgan fingerprint density at radius 2 is 1.28 bits per heavy atom. The smallest absolute Gasteiger partial charge is 0.240 e. The van der Waals surface area contributed by atoms with E-state index in [1.165, 1.54) is 0 Å². The number of hydrazone groups is 2. The van der Waals surface area contributed by atoms with Crippen LogP contribution < -0.4 is 10.9 Å². The maximum atomic E-state index is 11.2. The van der Waals surface area contributed by atoms with Gasteiger partial charge in [-0.3, -0.25) is 9.59 Å². The number of carbonyl (C=O) groups excluding carboxylic acids is 2. The summed E-state index contributed by atoms with van der Waals surface area (Å²) in [4.78, 5) is 22.5. The fourth-order valence-corrected chi connectivity index (χ4v) is 0.961. The average Bonchev–Trinajstić information content (AvgIpc) is 2.37. The van der Waals surface area contributed by atoms with E-state index in [9.17, 15) is 9.59 Å². The fourth-order valence-electron chi connectivity index (χ4n) is 0.961. The highest BCUT2D eigenvalue weighted by Gasteiger charge is 2.04. The van der Waals surface area contributed by atoms with E-state index in [4.69, 9.17) is 0 Å². The summed E-state index contributed by atoms with van der Waals surface area (Å²) >= 11 is 0. The lowest BCUT2D eigenvalue weighted by Crippen LogP contribution is -2.22. The van der Waals surface area contributed by atoms with Crippen LogP contribution in [0.15, 0.2) is 10.2 Å². The number of unbranched alkanes of at least 4 members (excludes halogenated alkanes) is 2. The molecule has 2 N–H and O–H groups in total. The van der Waals surface area contributed by atoms with Crippen LogP contribution in [0.3, 0.4) is 0 Å². The van der Waals surface area contributed by atoms with E-state index in [1.807, 2.05) is 13.8 Å². The maximum absolute atomic E-state index is 11.2. The molecule has 0 aromatic rings. The Morgan fingerprint density at radius 3 is 1.61 bits per heavy atom. The number of hydrogen-bond acceptors (Lipinski definition) is 4. The predicted octanol–water partition coefficient (Wildman–Crippen LogP) is 1.57. The number of hydrogen-bond donors (Lipinski definition) is 2. The first-order valence-electron chi connectivity index (χ1n) is 6.31. The van der Waals surface area contributed by atoms with Gasteiger partial charge in [-0.1, -0.05) is 26.7 Å². The summed E-state index contributed by atoms with van der Waals surface area (Å²) in [6.07, 6.45) is 7.13. The van der Waals surface area contributed by atoms with E-state index in [2.05, 4.69) is 21.1 Å². The van der Waals surface area contributed by atoms with Crippen molar-refractivity contribution >= 4 is 24.2 Å². The molecule has 0 aliphatic rings. The van der Waals surface area contributed by atoms with E-state index < -0.39 is 0 Å². The topological polar surface area (TPSA) is 82.9 Å². The second kappa shape index (κ2) is 11.8. The van der Waals surface area contributed by atoms with E-state index in [0.29, 0.717) is 0 Å². The molecule has 0 aliphatic carbocycles. The van der Waals surface area contributed by atoms with Gasteiger partial charge in [0, 0.05) is 25.3 Å². The highest BCUT2D eigenvalue weighted by Crippen LogP contribution is 1.89. The number of rotatable bonds is 9. The van der Waals surface area contributed by atoms with Gasteiger partial charge in [0.05, 0.1) is 0 Å². The molecule has 0 heterocycles. The van der Waals surface area contributed by atoms with Crippen molar-refractivity contribution in [2.45, 2.75) is 52.4 Å². The summed E-state index contributed by atoms with van der Waals surface area (Å²) < 4.78 is 0. The summed E-state index contributed by atoms with van der Waals surface area (Å²) in [5, 5.41) is 7.48. The fraction of sp³-hybridized carbons (Fsp3) is 0.667. The molecule has 0 aromatic carbocycles. The van der Waals surface area contributed by atoms with Crippen molar-refractivity contribution in [1.29, 1.82) is 0 Å². The van der Waals surface area contributed by atoms with Crippen molar-refractivity contribution in [1.82, 2.24) is 10.9 Å². The van der Waals surface area contributed by atoms with Crippen LogP contribution in [0.1, 0.15) is 52.4 Å². The van der Waals surface area contributed by atoms with Crippen LogP contribution in [0.5, 0.6) is 0 Å². The van der Waals surface area contributed by atoms with Crippen LogP contribution >= 0.6 is 0 Å². The SMILES string of the molecule is CCC/C=N/NC(=O)CCC(=O)N/N=C/CCC. The van der Waals surface area contributed by atoms with Crippen LogP contribution in [0.4, 0.5) is 0 Å². The molecule has 0 aliphatic heterocycles. The molecular weight excluding hydrogens is 232 g/mol. The minimum Gasteiger partial charge on any atom is -0.273 e. The molecule has 6 nitrogen and oxygen atoms in total. The first kappa shape index (κ1) is 16.3. The molecule has 102 valence electrons. The van der Waals surface area contributed by atoms with Crippen LogP contribution in [0.2, 0.25) is 0 Å². The largest absolute Gasteiger partial charge is 0.273 e. The lowest BCUT2D eigenvalue weighted by molar-refractivity contribution is -0.126. The normalized spacial score (nSPS) is 11.0. The summed E-state index contributed by atoms with van der Waals surface area (Å²) in [5.41, 5.74) is 4.72. The summed E-state index contributed by atoms with van der Waals surface area (Å²) in [7, 11) is 0. The van der Waals surface area contributed by atoms with E-state index >= 15 is 0 Å². The molecule has 0 rings (SSSR count). The molecule has 0 spiro atoms. The molecular formula is C12H22N4O2. The number of carbonyl (C=O) groups is 2. The summed E-state index contributed by atoms with van der Waals surface area (Å²) in [6, 6.07) is 0. The van der Waals surface area contributed by atoms with Crippen LogP contribution in [0.25, 0.3) is 0 Å². The summed E-state index contributed by atoms with van der Waals surface area (Å²) in [6.45, 7) is 4.05. The molecule has 0 unspecified atom stereocenters. The molecule has 18 heavy (non-hydrogen) atoms. The van der Waals surface area contributed by atoms with E-state index in [0.717, 1.165) is 25.7 Å². The van der Waals surface area contributed by atoms with Crippen molar-refractivity contribution in [2.24, 2.45) is 10.2 Å². The molecule has 2 amide bonds. The molecule has 0 bridgehead atoms. The highest BCUT2D eigenvalue weighted by molar-refractivity contribution is 5.84. The van der Waals surface area contributed by atoms with E-state index in [1.54, 1.807) is 12.4 Å². The molecule has 0 atom stereocenters. The monoisotopic (exact) mass is 254 g/mol. The van der Waals surface area contributed by atoms with Gasteiger partial charge in [0.2, 0.25) is 11.8 Å². The van der Waals surface area contributed by atoms with Gasteiger partial charge in [0.25, 0.3) is 0 Å². The van der Waals surface area contributed by atoms with Crippen molar-refractivity contribution in [3.63, 3.8) is 0 Å². The minimum atomic E-state index is -0.268. The van der Waals surface area contributed by atoms with Gasteiger partial charge in [-0.15, -0.1) is 0 Å². The zero-order valence-corrected chi connectivity index (χ0v) is 11.1. The predicted molar refractivity (Wildman–Crippen MR) is 72.3 cm³/mol. The lowest BCUT2D eigenvalue weighted by Gasteiger charge is -1.99. The quantitative estimate of drug-likeness (QED) is 0.483. The third-order valence-corrected chi connectivity index (χ3v) is 1.98. The molecule has 0 aromatic heterocycles. The Kier molecular flexibility index (Phi) is 10.6. The van der Waals surface area contributed by atoms with Crippen LogP contribution in [0, 0.1) is 0 Å². The second-order valence-corrected chi connectivity index (χ2v) is 3.77. The minimum absolute atomic E-state index is 0.110. The van der Waals surface area contributed by atoms with Gasteiger partial charge >= 0.3 is 0 Å². The van der Waals surface area contributed by atoms with Gasteiger partial charge in [0.15, 0.2) is 0 Å². The van der Waals surface area contributed by atoms with Crippen molar-refractivity contribution in [2.75, 3.05) is 0 Å². The molecule has 0 fully saturated rings. The Hall–Kier alpha value is -1.72. The van der Waals surface area contributed by atoms with Gasteiger partial charge in [-0.25, -0.2) is 10.9 Å². The van der Waals surface area contributed by atoms with Crippen molar-refractivity contribution < 1.29 is 9.59 Å². The van der Waals surface area contributed by atoms with Crippen molar-refractivity contribution in [3.05, 3.63) is 0 Å². The maximum Gasteiger partial charge on any atom is 0.240 e. The van der Waals surface area contributed by atoms with Crippen LogP contribution in [-0.4, -0.2) is 24.2 Å². The number of nitrogens with zero attached hydrogens (tertiary/aromatic N) is 2. The first-order valence-corrected chi connectivity index (χ1v) is 6.31. The third-order valence-electron chi connectivity index (χ3n) is 1.98. The third kappa shape index (κ3) is 10.8. The van der Waals surface area contributed by atoms with Crippen molar-refractivity contribution in [3.8, 4) is 0 Å². The summed E-state index contributed by atoms with van der Waals surface area (Å²) in [5.74, 6) is -0.537. The first-order chi connectivity index (χ1) is 8.70. The standard InChI is InChI=1S/C12H22N4O2/c1-3-5-9-13-15-11(17)7-8-12(18)16-14-10-6-4-2/h9-10H,3-8H2,1-2H3,(H,15,17)(H,16,18)/b13-9+,14-10+. The Balaban J connectivity index is 3.62. The Morgan fingerprint density at radius 1 is 0.889 bits per heavy atom. The molecule has 0 saturated carbocycles. The number of nitrogens with one attached hydrogen (secondary N) is 2. The Labute approximate surface area is 108 Å². The van der Waals surface area contributed by atoms with Gasteiger partial charge < -0.3 is 0 Å². The number of amides is 2. The molecule has 6 heteroatoms. The lowest BCUT2D eigenvalue weighted by atomic mass is 10.3. The molecule has 0 saturated heterocycles. The molecule has 0 radical (unpaired) electrons. The van der Waals surface area contributed by atoms with Gasteiger partial charge in [-0.05, 0) is 12.8 Å². The zero-order valence-electron chi connectivity index (χ0n) is 11.1. The van der Waals surface area contributed by atoms with E-state index in [-0.39, 0.29) is 24.7 Å². The Bertz CT molecular complexity index is 270. The second-order valence-electron chi connectivity index (χ2n) is 3.77. The van der Waals surface area contributed by atoms with Gasteiger partial charge in [-0.2, -0.15) is 10.2 Å². The highest BCUT2D eigenvalue weighted by atomic mass is 16.2. The van der Waals surface area contributed by atoms with Gasteiger partial charge in [0.1, 0.15) is 0 Å². The average molecular weight is 254 g/mol.